The van der Waals surface area contributed by atoms with E-state index < -0.39 is 0 Å². The van der Waals surface area contributed by atoms with Crippen molar-refractivity contribution >= 4 is 11.6 Å². The minimum atomic E-state index is -0.0966. The van der Waals surface area contributed by atoms with E-state index in [4.69, 9.17) is 14.2 Å². The molecule has 1 aliphatic heterocycles. The molecular weight excluding hydrogens is 294 g/mol. The van der Waals surface area contributed by atoms with Crippen LogP contribution in [0.5, 0.6) is 17.2 Å². The lowest BCUT2D eigenvalue weighted by atomic mass is 10.1. The Labute approximate surface area is 135 Å². The number of para-hydroxylation sites is 1. The van der Waals surface area contributed by atoms with Gasteiger partial charge in [0.1, 0.15) is 19.0 Å². The molecule has 1 amide bonds. The molecule has 0 aliphatic carbocycles. The van der Waals surface area contributed by atoms with Gasteiger partial charge in [-0.3, -0.25) is 4.79 Å². The summed E-state index contributed by atoms with van der Waals surface area (Å²) in [5.74, 6) is 2.05. The fourth-order valence-electron chi connectivity index (χ4n) is 2.32. The van der Waals surface area contributed by atoms with Crippen LogP contribution >= 0.6 is 0 Å². The number of nitrogens with one attached hydrogen (secondary N) is 1. The van der Waals surface area contributed by atoms with Crippen LogP contribution in [0.15, 0.2) is 42.5 Å². The first kappa shape index (κ1) is 15.2. The highest BCUT2D eigenvalue weighted by Crippen LogP contribution is 2.35. The molecule has 23 heavy (non-hydrogen) atoms. The van der Waals surface area contributed by atoms with Crippen molar-refractivity contribution in [3.8, 4) is 17.2 Å². The minimum absolute atomic E-state index is 0.0966. The van der Waals surface area contributed by atoms with Gasteiger partial charge in [0.2, 0.25) is 5.91 Å². The number of hydrogen-bond donors (Lipinski definition) is 1. The molecule has 0 bridgehead atoms. The summed E-state index contributed by atoms with van der Waals surface area (Å²) in [5, 5.41) is 2.89. The van der Waals surface area contributed by atoms with Gasteiger partial charge in [-0.15, -0.1) is 0 Å². The zero-order valence-corrected chi connectivity index (χ0v) is 13.0. The molecular formula is C18H19NO4. The van der Waals surface area contributed by atoms with Crippen LogP contribution in [0.3, 0.4) is 0 Å². The molecule has 0 spiro atoms. The number of rotatable bonds is 5. The van der Waals surface area contributed by atoms with Gasteiger partial charge in [0, 0.05) is 11.8 Å². The topological polar surface area (TPSA) is 56.8 Å². The molecule has 0 aromatic heterocycles. The monoisotopic (exact) mass is 313 g/mol. The van der Waals surface area contributed by atoms with Crippen LogP contribution in [0, 0.1) is 6.92 Å². The number of fused-ring (bicyclic) bond motifs is 1. The highest BCUT2D eigenvalue weighted by atomic mass is 16.6. The van der Waals surface area contributed by atoms with E-state index >= 15 is 0 Å². The second kappa shape index (κ2) is 7.05. The van der Waals surface area contributed by atoms with Gasteiger partial charge in [-0.25, -0.2) is 0 Å². The molecule has 1 heterocycles. The molecule has 3 rings (SSSR count). The van der Waals surface area contributed by atoms with Gasteiger partial charge in [0.15, 0.2) is 11.5 Å². The van der Waals surface area contributed by atoms with Crippen LogP contribution in [0.25, 0.3) is 0 Å². The number of hydrogen-bond acceptors (Lipinski definition) is 4. The average Bonchev–Trinajstić information content (AvgIpc) is 2.56. The molecule has 0 saturated carbocycles. The minimum Gasteiger partial charge on any atom is -0.493 e. The zero-order chi connectivity index (χ0) is 16.1. The Morgan fingerprint density at radius 3 is 2.57 bits per heavy atom. The summed E-state index contributed by atoms with van der Waals surface area (Å²) in [4.78, 5) is 12.1. The van der Waals surface area contributed by atoms with Crippen LogP contribution in [0.2, 0.25) is 0 Å². The van der Waals surface area contributed by atoms with E-state index in [1.54, 1.807) is 6.07 Å². The Bertz CT molecular complexity index is 685. The highest BCUT2D eigenvalue weighted by Gasteiger charge is 2.15. The normalized spacial score (nSPS) is 12.6. The molecule has 0 unspecified atom stereocenters. The maximum absolute atomic E-state index is 12.1. The summed E-state index contributed by atoms with van der Waals surface area (Å²) in [5.41, 5.74) is 1.67. The number of amides is 1. The zero-order valence-electron chi connectivity index (χ0n) is 13.0. The number of benzene rings is 2. The van der Waals surface area contributed by atoms with Crippen LogP contribution < -0.4 is 19.5 Å². The van der Waals surface area contributed by atoms with Gasteiger partial charge in [-0.1, -0.05) is 18.2 Å². The van der Waals surface area contributed by atoms with Gasteiger partial charge in [-0.2, -0.15) is 0 Å². The molecule has 1 aliphatic rings. The standard InChI is InChI=1S/C18H19NO4/c1-13-11-16-17(23-10-9-22-16)12-15(13)19-18(20)7-8-21-14-5-3-2-4-6-14/h2-6,11-12H,7-10H2,1H3,(H,19,20). The van der Waals surface area contributed by atoms with Crippen molar-refractivity contribution in [3.63, 3.8) is 0 Å². The first-order valence-electron chi connectivity index (χ1n) is 7.60. The predicted octanol–water partition coefficient (Wildman–Crippen LogP) is 3.17. The largest absolute Gasteiger partial charge is 0.493 e. The van der Waals surface area contributed by atoms with Crippen molar-refractivity contribution in [2.45, 2.75) is 13.3 Å². The van der Waals surface area contributed by atoms with Crippen molar-refractivity contribution in [3.05, 3.63) is 48.0 Å². The summed E-state index contributed by atoms with van der Waals surface area (Å²) in [6.45, 7) is 3.33. The van der Waals surface area contributed by atoms with Crippen LogP contribution in [0.4, 0.5) is 5.69 Å². The molecule has 2 aromatic carbocycles. The summed E-state index contributed by atoms with van der Waals surface area (Å²) < 4.78 is 16.6. The number of anilines is 1. The molecule has 120 valence electrons. The van der Waals surface area contributed by atoms with E-state index in [-0.39, 0.29) is 12.3 Å². The average molecular weight is 313 g/mol. The summed E-state index contributed by atoms with van der Waals surface area (Å²) in [6.07, 6.45) is 0.281. The van der Waals surface area contributed by atoms with E-state index in [1.165, 1.54) is 0 Å². The smallest absolute Gasteiger partial charge is 0.227 e. The van der Waals surface area contributed by atoms with Gasteiger partial charge in [-0.05, 0) is 30.7 Å². The summed E-state index contributed by atoms with van der Waals surface area (Å²) in [6, 6.07) is 13.1. The molecule has 0 radical (unpaired) electrons. The van der Waals surface area contributed by atoms with E-state index in [1.807, 2.05) is 43.3 Å². The fraction of sp³-hybridized carbons (Fsp3) is 0.278. The Kier molecular flexibility index (Phi) is 4.66. The molecule has 2 aromatic rings. The second-order valence-electron chi connectivity index (χ2n) is 5.27. The van der Waals surface area contributed by atoms with Crippen molar-refractivity contribution in [1.29, 1.82) is 0 Å². The lowest BCUT2D eigenvalue weighted by Gasteiger charge is -2.20. The molecule has 0 saturated heterocycles. The van der Waals surface area contributed by atoms with Gasteiger partial charge in [0.25, 0.3) is 0 Å². The molecule has 5 nitrogen and oxygen atoms in total. The van der Waals surface area contributed by atoms with Crippen molar-refractivity contribution < 1.29 is 19.0 Å². The lowest BCUT2D eigenvalue weighted by molar-refractivity contribution is -0.116. The number of ether oxygens (including phenoxy) is 3. The van der Waals surface area contributed by atoms with Crippen molar-refractivity contribution in [2.75, 3.05) is 25.1 Å². The highest BCUT2D eigenvalue weighted by molar-refractivity contribution is 5.92. The first-order chi connectivity index (χ1) is 11.2. The summed E-state index contributed by atoms with van der Waals surface area (Å²) in [7, 11) is 0. The van der Waals surface area contributed by atoms with Crippen LogP contribution in [-0.4, -0.2) is 25.7 Å². The van der Waals surface area contributed by atoms with Crippen molar-refractivity contribution in [2.24, 2.45) is 0 Å². The number of carbonyl (C=O) groups excluding carboxylic acids is 1. The Hall–Kier alpha value is -2.69. The predicted molar refractivity (Wildman–Crippen MR) is 87.4 cm³/mol. The Morgan fingerprint density at radius 2 is 1.83 bits per heavy atom. The maximum Gasteiger partial charge on any atom is 0.227 e. The van der Waals surface area contributed by atoms with E-state index in [0.29, 0.717) is 25.6 Å². The fourth-order valence-corrected chi connectivity index (χ4v) is 2.32. The first-order valence-corrected chi connectivity index (χ1v) is 7.60. The second-order valence-corrected chi connectivity index (χ2v) is 5.27. The Balaban J connectivity index is 1.55. The molecule has 1 N–H and O–H groups in total. The SMILES string of the molecule is Cc1cc2c(cc1NC(=O)CCOc1ccccc1)OCCO2. The number of carbonyl (C=O) groups is 1. The quantitative estimate of drug-likeness (QED) is 0.921. The molecule has 0 atom stereocenters. The van der Waals surface area contributed by atoms with Crippen LogP contribution in [0.1, 0.15) is 12.0 Å². The molecule has 5 heteroatoms. The number of aryl methyl sites for hydroxylation is 1. The van der Waals surface area contributed by atoms with Gasteiger partial charge < -0.3 is 19.5 Å². The van der Waals surface area contributed by atoms with Crippen LogP contribution in [-0.2, 0) is 4.79 Å². The summed E-state index contributed by atoms with van der Waals surface area (Å²) >= 11 is 0. The van der Waals surface area contributed by atoms with Gasteiger partial charge in [0.05, 0.1) is 13.0 Å². The van der Waals surface area contributed by atoms with E-state index in [2.05, 4.69) is 5.32 Å². The third kappa shape index (κ3) is 3.94. The molecule has 0 fully saturated rings. The van der Waals surface area contributed by atoms with Gasteiger partial charge >= 0.3 is 0 Å². The van der Waals surface area contributed by atoms with E-state index in [0.717, 1.165) is 22.7 Å². The van der Waals surface area contributed by atoms with Crippen molar-refractivity contribution in [1.82, 2.24) is 0 Å². The Morgan fingerprint density at radius 1 is 1.13 bits per heavy atom. The lowest BCUT2D eigenvalue weighted by Crippen LogP contribution is -2.18. The maximum atomic E-state index is 12.1. The third-order valence-electron chi connectivity index (χ3n) is 3.50. The van der Waals surface area contributed by atoms with E-state index in [9.17, 15) is 4.79 Å². The third-order valence-corrected chi connectivity index (χ3v) is 3.50.